The van der Waals surface area contributed by atoms with Gasteiger partial charge in [-0.05, 0) is 18.2 Å². The quantitative estimate of drug-likeness (QED) is 0.750. The maximum atomic E-state index is 13.3. The monoisotopic (exact) mass is 240 g/mol. The molecule has 0 fully saturated rings. The van der Waals surface area contributed by atoms with Gasteiger partial charge in [0.1, 0.15) is 5.82 Å². The van der Waals surface area contributed by atoms with Gasteiger partial charge in [-0.15, -0.1) is 0 Å². The molecule has 1 aromatic carbocycles. The summed E-state index contributed by atoms with van der Waals surface area (Å²) in [6.45, 7) is 0. The summed E-state index contributed by atoms with van der Waals surface area (Å²) in [6.07, 6.45) is 4.88. The molecule has 2 aromatic rings. The minimum atomic E-state index is -0.271. The number of benzene rings is 1. The summed E-state index contributed by atoms with van der Waals surface area (Å²) < 4.78 is 15.7. The van der Waals surface area contributed by atoms with Gasteiger partial charge in [0.05, 0.1) is 12.0 Å². The summed E-state index contributed by atoms with van der Waals surface area (Å²) in [4.78, 5) is 3.85. The van der Waals surface area contributed by atoms with Crippen molar-refractivity contribution in [3.8, 4) is 5.69 Å². The van der Waals surface area contributed by atoms with E-state index < -0.39 is 0 Å². The highest BCUT2D eigenvalue weighted by Crippen LogP contribution is 2.18. The van der Waals surface area contributed by atoms with E-state index in [-0.39, 0.29) is 5.82 Å². The Morgan fingerprint density at radius 2 is 2.23 bits per heavy atom. The van der Waals surface area contributed by atoms with Crippen molar-refractivity contribution in [3.05, 3.63) is 47.2 Å². The molecule has 0 aliphatic rings. The van der Waals surface area contributed by atoms with Crippen LogP contribution < -0.4 is 0 Å². The zero-order valence-corrected chi connectivity index (χ0v) is 8.20. The standard InChI is InChI=1S/C9H6BrFN2/c10-7-1-2-9(8(11)5-7)13-4-3-12-6-13/h1-6H. The van der Waals surface area contributed by atoms with Crippen LogP contribution in [0.25, 0.3) is 5.69 Å². The third kappa shape index (κ3) is 1.62. The fraction of sp³-hybridized carbons (Fsp3) is 0. The van der Waals surface area contributed by atoms with E-state index in [9.17, 15) is 4.39 Å². The molecule has 0 saturated carbocycles. The first-order chi connectivity index (χ1) is 6.27. The van der Waals surface area contributed by atoms with Gasteiger partial charge >= 0.3 is 0 Å². The normalized spacial score (nSPS) is 10.3. The van der Waals surface area contributed by atoms with Gasteiger partial charge in [-0.2, -0.15) is 0 Å². The van der Waals surface area contributed by atoms with E-state index in [0.29, 0.717) is 5.69 Å². The van der Waals surface area contributed by atoms with Gasteiger partial charge in [-0.1, -0.05) is 15.9 Å². The van der Waals surface area contributed by atoms with Crippen LogP contribution in [0.1, 0.15) is 0 Å². The molecule has 0 N–H and O–H groups in total. The van der Waals surface area contributed by atoms with Crippen molar-refractivity contribution in [1.82, 2.24) is 9.55 Å². The van der Waals surface area contributed by atoms with Crippen LogP contribution in [0.5, 0.6) is 0 Å². The van der Waals surface area contributed by atoms with Crippen molar-refractivity contribution < 1.29 is 4.39 Å². The topological polar surface area (TPSA) is 17.8 Å². The van der Waals surface area contributed by atoms with Crippen LogP contribution in [-0.4, -0.2) is 9.55 Å². The van der Waals surface area contributed by atoms with Gasteiger partial charge in [-0.3, -0.25) is 0 Å². The molecule has 1 aromatic heterocycles. The summed E-state index contributed by atoms with van der Waals surface area (Å²) in [7, 11) is 0. The Morgan fingerprint density at radius 3 is 2.85 bits per heavy atom. The van der Waals surface area contributed by atoms with Crippen LogP contribution in [0, 0.1) is 5.82 Å². The van der Waals surface area contributed by atoms with Gasteiger partial charge in [-0.25, -0.2) is 9.37 Å². The Bertz CT molecular complexity index is 412. The molecule has 0 atom stereocenters. The predicted octanol–water partition coefficient (Wildman–Crippen LogP) is 2.77. The Labute approximate surface area is 83.2 Å². The highest BCUT2D eigenvalue weighted by atomic mass is 79.9. The van der Waals surface area contributed by atoms with Crippen molar-refractivity contribution in [1.29, 1.82) is 0 Å². The number of nitrogens with zero attached hydrogens (tertiary/aromatic N) is 2. The van der Waals surface area contributed by atoms with Crippen molar-refractivity contribution in [2.75, 3.05) is 0 Å². The summed E-state index contributed by atoms with van der Waals surface area (Å²) in [5, 5.41) is 0. The van der Waals surface area contributed by atoms with Crippen molar-refractivity contribution in [2.24, 2.45) is 0 Å². The Morgan fingerprint density at radius 1 is 1.38 bits per heavy atom. The lowest BCUT2D eigenvalue weighted by Crippen LogP contribution is -1.93. The van der Waals surface area contributed by atoms with Crippen molar-refractivity contribution in [3.63, 3.8) is 0 Å². The van der Waals surface area contributed by atoms with Gasteiger partial charge in [0.25, 0.3) is 0 Å². The molecule has 0 unspecified atom stereocenters. The number of rotatable bonds is 1. The third-order valence-electron chi connectivity index (χ3n) is 1.69. The maximum absolute atomic E-state index is 13.3. The second-order valence-corrected chi connectivity index (χ2v) is 3.48. The van der Waals surface area contributed by atoms with E-state index in [1.54, 1.807) is 35.4 Å². The first-order valence-electron chi connectivity index (χ1n) is 3.71. The fourth-order valence-electron chi connectivity index (χ4n) is 1.09. The van der Waals surface area contributed by atoms with Crippen molar-refractivity contribution >= 4 is 15.9 Å². The summed E-state index contributed by atoms with van der Waals surface area (Å²) in [6, 6.07) is 4.91. The number of imidazole rings is 1. The molecule has 0 aliphatic heterocycles. The molecular formula is C9H6BrFN2. The van der Waals surface area contributed by atoms with Crippen LogP contribution in [0.15, 0.2) is 41.4 Å². The second kappa shape index (κ2) is 3.30. The van der Waals surface area contributed by atoms with E-state index >= 15 is 0 Å². The summed E-state index contributed by atoms with van der Waals surface area (Å²) in [5.41, 5.74) is 0.501. The highest BCUT2D eigenvalue weighted by Gasteiger charge is 2.03. The molecule has 66 valence electrons. The van der Waals surface area contributed by atoms with Gasteiger partial charge in [0.15, 0.2) is 0 Å². The zero-order valence-electron chi connectivity index (χ0n) is 6.61. The van der Waals surface area contributed by atoms with Crippen LogP contribution in [0.2, 0.25) is 0 Å². The lowest BCUT2D eigenvalue weighted by Gasteiger charge is -2.03. The molecular weight excluding hydrogens is 235 g/mol. The summed E-state index contributed by atoms with van der Waals surface area (Å²) in [5.74, 6) is -0.271. The minimum Gasteiger partial charge on any atom is -0.303 e. The SMILES string of the molecule is Fc1cc(Br)ccc1-n1ccnc1. The largest absolute Gasteiger partial charge is 0.303 e. The van der Waals surface area contributed by atoms with Gasteiger partial charge in [0.2, 0.25) is 0 Å². The fourth-order valence-corrected chi connectivity index (χ4v) is 1.43. The molecule has 0 amide bonds. The second-order valence-electron chi connectivity index (χ2n) is 2.57. The maximum Gasteiger partial charge on any atom is 0.148 e. The molecule has 0 bridgehead atoms. The van der Waals surface area contributed by atoms with E-state index in [1.807, 2.05) is 0 Å². The number of hydrogen-bond acceptors (Lipinski definition) is 1. The van der Waals surface area contributed by atoms with Crippen LogP contribution in [-0.2, 0) is 0 Å². The Kier molecular flexibility index (Phi) is 2.14. The number of halogens is 2. The Balaban J connectivity index is 2.53. The molecule has 2 rings (SSSR count). The lowest BCUT2D eigenvalue weighted by atomic mass is 10.3. The molecule has 0 saturated heterocycles. The van der Waals surface area contributed by atoms with Crippen LogP contribution in [0.4, 0.5) is 4.39 Å². The molecule has 0 spiro atoms. The van der Waals surface area contributed by atoms with Gasteiger partial charge < -0.3 is 4.57 Å². The van der Waals surface area contributed by atoms with Gasteiger partial charge in [0, 0.05) is 16.9 Å². The first kappa shape index (κ1) is 8.44. The lowest BCUT2D eigenvalue weighted by molar-refractivity contribution is 0.617. The minimum absolute atomic E-state index is 0.271. The average molecular weight is 241 g/mol. The molecule has 2 nitrogen and oxygen atoms in total. The van der Waals surface area contributed by atoms with E-state index in [2.05, 4.69) is 20.9 Å². The number of aromatic nitrogens is 2. The third-order valence-corrected chi connectivity index (χ3v) is 2.19. The molecule has 0 aliphatic carbocycles. The van der Waals surface area contributed by atoms with E-state index in [4.69, 9.17) is 0 Å². The Hall–Kier alpha value is -1.16. The smallest absolute Gasteiger partial charge is 0.148 e. The van der Waals surface area contributed by atoms with Crippen LogP contribution in [0.3, 0.4) is 0 Å². The first-order valence-corrected chi connectivity index (χ1v) is 4.50. The highest BCUT2D eigenvalue weighted by molar-refractivity contribution is 9.10. The van der Waals surface area contributed by atoms with E-state index in [1.165, 1.54) is 6.07 Å². The molecule has 0 radical (unpaired) electrons. The molecule has 1 heterocycles. The summed E-state index contributed by atoms with van der Waals surface area (Å²) >= 11 is 3.19. The molecule has 13 heavy (non-hydrogen) atoms. The predicted molar refractivity (Wildman–Crippen MR) is 51.2 cm³/mol. The molecule has 4 heteroatoms. The zero-order chi connectivity index (χ0) is 9.26. The van der Waals surface area contributed by atoms with E-state index in [0.717, 1.165) is 4.47 Å². The number of hydrogen-bond donors (Lipinski definition) is 0. The average Bonchev–Trinajstić information content (AvgIpc) is 2.56. The van der Waals surface area contributed by atoms with Crippen LogP contribution >= 0.6 is 15.9 Å². The van der Waals surface area contributed by atoms with Crippen molar-refractivity contribution in [2.45, 2.75) is 0 Å².